The van der Waals surface area contributed by atoms with Gasteiger partial charge in [-0.2, -0.15) is 0 Å². The number of hydrogen-bond acceptors (Lipinski definition) is 5. The van der Waals surface area contributed by atoms with Gasteiger partial charge in [0, 0.05) is 57.0 Å². The number of carbonyl (C=O) groups is 1. The van der Waals surface area contributed by atoms with Crippen LogP contribution in [0.4, 0.5) is 0 Å². The lowest BCUT2D eigenvalue weighted by molar-refractivity contribution is 0.0715. The van der Waals surface area contributed by atoms with Gasteiger partial charge in [0.2, 0.25) is 0 Å². The average molecular weight is 357 g/mol. The second-order valence-electron chi connectivity index (χ2n) is 7.06. The van der Waals surface area contributed by atoms with Gasteiger partial charge in [-0.25, -0.2) is 4.98 Å². The molecule has 0 saturated carbocycles. The van der Waals surface area contributed by atoms with Crippen molar-refractivity contribution in [2.45, 2.75) is 38.6 Å². The second-order valence-corrected chi connectivity index (χ2v) is 7.06. The summed E-state index contributed by atoms with van der Waals surface area (Å²) in [5.41, 5.74) is 1.86. The monoisotopic (exact) mass is 357 g/mol. The molecule has 1 saturated heterocycles. The molecule has 0 spiro atoms. The molecule has 0 atom stereocenters. The Kier molecular flexibility index (Phi) is 4.40. The Balaban J connectivity index is 1.56. The van der Waals surface area contributed by atoms with Gasteiger partial charge < -0.3 is 18.6 Å². The van der Waals surface area contributed by atoms with Crippen LogP contribution < -0.4 is 5.43 Å². The van der Waals surface area contributed by atoms with Gasteiger partial charge in [0.1, 0.15) is 17.1 Å². The molecule has 2 aliphatic heterocycles. The molecule has 0 N–H and O–H groups in total. The van der Waals surface area contributed by atoms with Crippen LogP contribution in [0.2, 0.25) is 0 Å². The molecule has 0 aromatic carbocycles. The van der Waals surface area contributed by atoms with Crippen molar-refractivity contribution in [3.05, 3.63) is 51.1 Å². The number of aromatic nitrogens is 2. The van der Waals surface area contributed by atoms with Crippen LogP contribution in [-0.4, -0.2) is 40.1 Å². The van der Waals surface area contributed by atoms with Crippen LogP contribution in [0.15, 0.2) is 21.3 Å². The van der Waals surface area contributed by atoms with E-state index in [0.29, 0.717) is 31.1 Å². The van der Waals surface area contributed by atoms with E-state index >= 15 is 0 Å². The molecule has 26 heavy (non-hydrogen) atoms. The van der Waals surface area contributed by atoms with E-state index in [2.05, 4.69) is 4.98 Å². The molecule has 2 aliphatic rings. The summed E-state index contributed by atoms with van der Waals surface area (Å²) in [6.45, 7) is 4.29. The quantitative estimate of drug-likeness (QED) is 0.819. The summed E-state index contributed by atoms with van der Waals surface area (Å²) in [5.74, 6) is 1.81. The lowest BCUT2D eigenvalue weighted by Crippen LogP contribution is -2.37. The van der Waals surface area contributed by atoms with Crippen molar-refractivity contribution in [2.24, 2.45) is 7.05 Å². The predicted molar refractivity (Wildman–Crippen MR) is 94.2 cm³/mol. The maximum absolute atomic E-state index is 12.9. The average Bonchev–Trinajstić information content (AvgIpc) is 3.08. The SMILES string of the molecule is Cc1cc(=O)cc(C(=O)N2CCc3oc(C4CCOCC4)nc3C2)n1C. The molecular formula is C19H23N3O4. The van der Waals surface area contributed by atoms with Crippen LogP contribution in [0.1, 0.15) is 52.3 Å². The van der Waals surface area contributed by atoms with E-state index in [0.717, 1.165) is 49.1 Å². The molecule has 138 valence electrons. The van der Waals surface area contributed by atoms with Gasteiger partial charge in [-0.05, 0) is 19.8 Å². The van der Waals surface area contributed by atoms with E-state index in [1.165, 1.54) is 12.1 Å². The molecular weight excluding hydrogens is 334 g/mol. The van der Waals surface area contributed by atoms with E-state index in [1.807, 2.05) is 6.92 Å². The van der Waals surface area contributed by atoms with Crippen molar-refractivity contribution in [3.8, 4) is 0 Å². The number of nitrogens with zero attached hydrogens (tertiary/aromatic N) is 3. The largest absolute Gasteiger partial charge is 0.445 e. The Labute approximate surface area is 151 Å². The molecule has 2 aromatic rings. The Morgan fingerprint density at radius 2 is 2.04 bits per heavy atom. The van der Waals surface area contributed by atoms with Crippen molar-refractivity contribution >= 4 is 5.91 Å². The van der Waals surface area contributed by atoms with E-state index in [1.54, 1.807) is 16.5 Å². The highest BCUT2D eigenvalue weighted by molar-refractivity contribution is 5.92. The molecule has 0 bridgehead atoms. The van der Waals surface area contributed by atoms with Gasteiger partial charge >= 0.3 is 0 Å². The number of aryl methyl sites for hydroxylation is 1. The standard InChI is InChI=1S/C19H23N3O4/c1-12-9-14(23)10-16(21(12)2)19(24)22-6-3-17-15(11-22)20-18(26-17)13-4-7-25-8-5-13/h9-10,13H,3-8,11H2,1-2H3. The third-order valence-corrected chi connectivity index (χ3v) is 5.34. The summed E-state index contributed by atoms with van der Waals surface area (Å²) < 4.78 is 13.1. The molecule has 7 heteroatoms. The number of hydrogen-bond donors (Lipinski definition) is 0. The number of ether oxygens (including phenoxy) is 1. The van der Waals surface area contributed by atoms with E-state index in [4.69, 9.17) is 9.15 Å². The number of amides is 1. The zero-order valence-electron chi connectivity index (χ0n) is 15.2. The highest BCUT2D eigenvalue weighted by atomic mass is 16.5. The van der Waals surface area contributed by atoms with Gasteiger partial charge in [0.15, 0.2) is 11.3 Å². The van der Waals surface area contributed by atoms with Gasteiger partial charge in [0.05, 0.1) is 6.54 Å². The Hall–Kier alpha value is -2.41. The minimum Gasteiger partial charge on any atom is -0.445 e. The third-order valence-electron chi connectivity index (χ3n) is 5.34. The summed E-state index contributed by atoms with van der Waals surface area (Å²) in [6.07, 6.45) is 2.50. The molecule has 1 amide bonds. The van der Waals surface area contributed by atoms with Crippen LogP contribution in [0.25, 0.3) is 0 Å². The summed E-state index contributed by atoms with van der Waals surface area (Å²) in [7, 11) is 1.80. The zero-order chi connectivity index (χ0) is 18.3. The van der Waals surface area contributed by atoms with E-state index in [-0.39, 0.29) is 11.3 Å². The maximum atomic E-state index is 12.9. The van der Waals surface area contributed by atoms with Crippen molar-refractivity contribution in [1.82, 2.24) is 14.5 Å². The molecule has 1 fully saturated rings. The normalized spacial score (nSPS) is 18.0. The Morgan fingerprint density at radius 1 is 1.27 bits per heavy atom. The maximum Gasteiger partial charge on any atom is 0.270 e. The molecule has 2 aromatic heterocycles. The topological polar surface area (TPSA) is 77.6 Å². The van der Waals surface area contributed by atoms with Gasteiger partial charge in [-0.3, -0.25) is 9.59 Å². The lowest BCUT2D eigenvalue weighted by atomic mass is 10.0. The van der Waals surface area contributed by atoms with Crippen LogP contribution in [-0.2, 0) is 24.8 Å². The first-order chi connectivity index (χ1) is 12.5. The number of oxazole rings is 1. The van der Waals surface area contributed by atoms with Crippen LogP contribution in [0.5, 0.6) is 0 Å². The lowest BCUT2D eigenvalue weighted by Gasteiger charge is -2.26. The fraction of sp³-hybridized carbons (Fsp3) is 0.526. The first-order valence-corrected chi connectivity index (χ1v) is 9.06. The summed E-state index contributed by atoms with van der Waals surface area (Å²) in [4.78, 5) is 31.2. The second kappa shape index (κ2) is 6.72. The first-order valence-electron chi connectivity index (χ1n) is 9.06. The van der Waals surface area contributed by atoms with Crippen LogP contribution >= 0.6 is 0 Å². The molecule has 4 heterocycles. The highest BCUT2D eigenvalue weighted by Gasteiger charge is 2.29. The number of rotatable bonds is 2. The molecule has 0 aliphatic carbocycles. The van der Waals surface area contributed by atoms with Crippen LogP contribution in [0.3, 0.4) is 0 Å². The third kappa shape index (κ3) is 3.07. The summed E-state index contributed by atoms with van der Waals surface area (Å²) in [5, 5.41) is 0. The van der Waals surface area contributed by atoms with Crippen molar-refractivity contribution in [1.29, 1.82) is 0 Å². The first kappa shape index (κ1) is 17.0. The molecule has 0 unspecified atom stereocenters. The molecule has 4 rings (SSSR count). The fourth-order valence-corrected chi connectivity index (χ4v) is 3.64. The fourth-order valence-electron chi connectivity index (χ4n) is 3.64. The van der Waals surface area contributed by atoms with Gasteiger partial charge in [-0.15, -0.1) is 0 Å². The molecule has 0 radical (unpaired) electrons. The number of carbonyl (C=O) groups excluding carboxylic acids is 1. The Bertz CT molecular complexity index is 893. The number of pyridine rings is 1. The van der Waals surface area contributed by atoms with E-state index < -0.39 is 0 Å². The van der Waals surface area contributed by atoms with Crippen molar-refractivity contribution in [2.75, 3.05) is 19.8 Å². The van der Waals surface area contributed by atoms with E-state index in [9.17, 15) is 9.59 Å². The summed E-state index contributed by atoms with van der Waals surface area (Å²) >= 11 is 0. The van der Waals surface area contributed by atoms with Crippen molar-refractivity contribution < 1.29 is 13.9 Å². The highest BCUT2D eigenvalue weighted by Crippen LogP contribution is 2.30. The molecule has 7 nitrogen and oxygen atoms in total. The predicted octanol–water partition coefficient (Wildman–Crippen LogP) is 1.77. The van der Waals surface area contributed by atoms with Gasteiger partial charge in [0.25, 0.3) is 5.91 Å². The smallest absolute Gasteiger partial charge is 0.270 e. The zero-order valence-corrected chi connectivity index (χ0v) is 15.2. The van der Waals surface area contributed by atoms with Crippen molar-refractivity contribution in [3.63, 3.8) is 0 Å². The Morgan fingerprint density at radius 3 is 2.81 bits per heavy atom. The number of fused-ring (bicyclic) bond motifs is 1. The minimum absolute atomic E-state index is 0.144. The minimum atomic E-state index is -0.148. The van der Waals surface area contributed by atoms with Gasteiger partial charge in [-0.1, -0.05) is 0 Å². The summed E-state index contributed by atoms with van der Waals surface area (Å²) in [6, 6.07) is 2.93. The van der Waals surface area contributed by atoms with Crippen LogP contribution in [0, 0.1) is 6.92 Å².